The van der Waals surface area contributed by atoms with Gasteiger partial charge in [-0.1, -0.05) is 39.8 Å². The number of nitrogens with zero attached hydrogens (tertiary/aromatic N) is 4. The molecule has 0 amide bonds. The number of fused-ring (bicyclic) bond motifs is 3. The van der Waals surface area contributed by atoms with Gasteiger partial charge in [-0.05, 0) is 36.8 Å². The molecule has 0 unspecified atom stereocenters. The largest absolute Gasteiger partial charge is 0.493 e. The monoisotopic (exact) mass is 444 g/mol. The normalized spacial score (nSPS) is 11.3. The van der Waals surface area contributed by atoms with E-state index < -0.39 is 0 Å². The van der Waals surface area contributed by atoms with Crippen molar-refractivity contribution in [3.8, 4) is 11.5 Å². The highest BCUT2D eigenvalue weighted by Crippen LogP contribution is 2.36. The molecule has 0 radical (unpaired) electrons. The third-order valence-corrected chi connectivity index (χ3v) is 5.88. The first-order valence-corrected chi connectivity index (χ1v) is 10.0. The van der Waals surface area contributed by atoms with Crippen LogP contribution in [0.25, 0.3) is 16.6 Å². The molecule has 0 aliphatic heterocycles. The fourth-order valence-corrected chi connectivity index (χ4v) is 4.46. The fourth-order valence-electron chi connectivity index (χ4n) is 2.88. The number of hydrogen-bond acceptors (Lipinski definition) is 6. The Morgan fingerprint density at radius 1 is 1.07 bits per heavy atom. The van der Waals surface area contributed by atoms with Gasteiger partial charge in [0.25, 0.3) is 0 Å². The van der Waals surface area contributed by atoms with Crippen molar-refractivity contribution in [3.63, 3.8) is 0 Å². The van der Waals surface area contributed by atoms with Gasteiger partial charge >= 0.3 is 0 Å². The summed E-state index contributed by atoms with van der Waals surface area (Å²) in [7, 11) is 3.26. The Labute approximate surface area is 169 Å². The minimum Gasteiger partial charge on any atom is -0.493 e. The van der Waals surface area contributed by atoms with E-state index in [1.807, 2.05) is 47.8 Å². The van der Waals surface area contributed by atoms with Gasteiger partial charge in [-0.2, -0.15) is 4.52 Å². The summed E-state index contributed by atoms with van der Waals surface area (Å²) in [5.41, 5.74) is 2.82. The van der Waals surface area contributed by atoms with Gasteiger partial charge in [0.1, 0.15) is 5.82 Å². The Morgan fingerprint density at radius 2 is 1.81 bits per heavy atom. The number of methoxy groups -OCH3 is 2. The van der Waals surface area contributed by atoms with Crippen LogP contribution in [0, 0.1) is 6.92 Å². The number of aromatic nitrogens is 4. The van der Waals surface area contributed by atoms with Gasteiger partial charge in [-0.3, -0.25) is 0 Å². The van der Waals surface area contributed by atoms with Crippen LogP contribution in [0.2, 0.25) is 0 Å². The zero-order valence-corrected chi connectivity index (χ0v) is 17.5. The number of halogens is 1. The van der Waals surface area contributed by atoms with Crippen molar-refractivity contribution >= 4 is 44.2 Å². The third kappa shape index (κ3) is 3.35. The molecule has 0 N–H and O–H groups in total. The van der Waals surface area contributed by atoms with Gasteiger partial charge in [0, 0.05) is 15.6 Å². The molecule has 4 rings (SSSR count). The molecule has 0 aliphatic rings. The molecule has 0 saturated carbocycles. The molecule has 2 aromatic heterocycles. The van der Waals surface area contributed by atoms with Crippen molar-refractivity contribution in [2.75, 3.05) is 14.2 Å². The van der Waals surface area contributed by atoms with Crippen LogP contribution in [-0.4, -0.2) is 33.8 Å². The van der Waals surface area contributed by atoms with Gasteiger partial charge in [-0.25, -0.2) is 9.97 Å². The maximum absolute atomic E-state index is 5.42. The lowest BCUT2D eigenvalue weighted by Gasteiger charge is -2.12. The van der Waals surface area contributed by atoms with Crippen LogP contribution in [0.3, 0.4) is 0 Å². The first-order chi connectivity index (χ1) is 13.1. The summed E-state index contributed by atoms with van der Waals surface area (Å²) < 4.78 is 13.5. The summed E-state index contributed by atoms with van der Waals surface area (Å²) in [6.45, 7) is 1.89. The van der Waals surface area contributed by atoms with Crippen molar-refractivity contribution in [1.29, 1.82) is 0 Å². The second-order valence-corrected chi connectivity index (χ2v) is 7.69. The molecule has 2 heterocycles. The Kier molecular flexibility index (Phi) is 4.92. The van der Waals surface area contributed by atoms with E-state index in [4.69, 9.17) is 14.5 Å². The number of thioether (sulfide) groups is 1. The average Bonchev–Trinajstić information content (AvgIpc) is 3.08. The van der Waals surface area contributed by atoms with Crippen LogP contribution >= 0.6 is 27.7 Å². The Hall–Kier alpha value is -2.32. The van der Waals surface area contributed by atoms with Crippen LogP contribution < -0.4 is 9.47 Å². The molecule has 6 nitrogen and oxygen atoms in total. The second-order valence-electron chi connectivity index (χ2n) is 5.89. The molecule has 8 heteroatoms. The molecule has 2 aromatic carbocycles. The highest BCUT2D eigenvalue weighted by atomic mass is 79.9. The van der Waals surface area contributed by atoms with E-state index in [0.29, 0.717) is 17.3 Å². The van der Waals surface area contributed by atoms with Crippen molar-refractivity contribution in [1.82, 2.24) is 19.6 Å². The summed E-state index contributed by atoms with van der Waals surface area (Å²) in [6, 6.07) is 11.9. The predicted molar refractivity (Wildman–Crippen MR) is 110 cm³/mol. The van der Waals surface area contributed by atoms with Gasteiger partial charge in [0.2, 0.25) is 0 Å². The molecule has 0 fully saturated rings. The Bertz CT molecular complexity index is 1150. The van der Waals surface area contributed by atoms with Crippen LogP contribution in [-0.2, 0) is 5.75 Å². The number of rotatable bonds is 5. The van der Waals surface area contributed by atoms with E-state index in [9.17, 15) is 0 Å². The van der Waals surface area contributed by atoms with Gasteiger partial charge in [0.15, 0.2) is 22.3 Å². The SMILES string of the molecule is COc1cc(Br)c(CSc2nc3ccccc3c3nc(C)nn23)cc1OC. The highest BCUT2D eigenvalue weighted by Gasteiger charge is 2.14. The number of benzene rings is 2. The van der Waals surface area contributed by atoms with Crippen molar-refractivity contribution in [2.24, 2.45) is 0 Å². The van der Waals surface area contributed by atoms with E-state index in [0.717, 1.165) is 37.6 Å². The predicted octanol–water partition coefficient (Wildman–Crippen LogP) is 4.66. The lowest BCUT2D eigenvalue weighted by atomic mass is 10.2. The molecule has 138 valence electrons. The molecule has 0 atom stereocenters. The quantitative estimate of drug-likeness (QED) is 0.329. The van der Waals surface area contributed by atoms with E-state index in [2.05, 4.69) is 26.0 Å². The molecular weight excluding hydrogens is 428 g/mol. The zero-order valence-electron chi connectivity index (χ0n) is 15.1. The van der Waals surface area contributed by atoms with Gasteiger partial charge < -0.3 is 9.47 Å². The molecule has 0 bridgehead atoms. The van der Waals surface area contributed by atoms with Crippen molar-refractivity contribution in [2.45, 2.75) is 17.8 Å². The zero-order chi connectivity index (χ0) is 19.0. The summed E-state index contributed by atoms with van der Waals surface area (Å²) >= 11 is 5.22. The van der Waals surface area contributed by atoms with Crippen LogP contribution in [0.4, 0.5) is 0 Å². The molecule has 27 heavy (non-hydrogen) atoms. The minimum absolute atomic E-state index is 0.691. The smallest absolute Gasteiger partial charge is 0.191 e. The van der Waals surface area contributed by atoms with E-state index in [1.54, 1.807) is 26.0 Å². The standard InChI is InChI=1S/C19H17BrN4O2S/c1-11-21-18-13-6-4-5-7-15(13)22-19(24(18)23-11)27-10-12-8-16(25-2)17(26-3)9-14(12)20/h4-9H,10H2,1-3H3. The average molecular weight is 445 g/mol. The molecular formula is C19H17BrN4O2S. The van der Waals surface area contributed by atoms with Gasteiger partial charge in [-0.15, -0.1) is 5.10 Å². The first-order valence-electron chi connectivity index (χ1n) is 8.26. The van der Waals surface area contributed by atoms with Crippen LogP contribution in [0.15, 0.2) is 46.0 Å². The summed E-state index contributed by atoms with van der Waals surface area (Å²) in [6.07, 6.45) is 0. The molecule has 4 aromatic rings. The Morgan fingerprint density at radius 3 is 2.59 bits per heavy atom. The summed E-state index contributed by atoms with van der Waals surface area (Å²) in [5.74, 6) is 2.81. The Balaban J connectivity index is 1.73. The molecule has 0 aliphatic carbocycles. The lowest BCUT2D eigenvalue weighted by Crippen LogP contribution is -1.99. The number of para-hydroxylation sites is 1. The highest BCUT2D eigenvalue weighted by molar-refractivity contribution is 9.10. The lowest BCUT2D eigenvalue weighted by molar-refractivity contribution is 0.354. The van der Waals surface area contributed by atoms with E-state index >= 15 is 0 Å². The second kappa shape index (κ2) is 7.36. The van der Waals surface area contributed by atoms with Gasteiger partial charge in [0.05, 0.1) is 19.7 Å². The third-order valence-electron chi connectivity index (χ3n) is 4.16. The first kappa shape index (κ1) is 18.1. The number of hydrogen-bond donors (Lipinski definition) is 0. The fraction of sp³-hybridized carbons (Fsp3) is 0.211. The minimum atomic E-state index is 0.691. The van der Waals surface area contributed by atoms with Crippen molar-refractivity contribution < 1.29 is 9.47 Å². The molecule has 0 spiro atoms. The molecule has 0 saturated heterocycles. The van der Waals surface area contributed by atoms with E-state index in [1.165, 1.54) is 0 Å². The summed E-state index contributed by atoms with van der Waals surface area (Å²) in [5, 5.41) is 6.32. The topological polar surface area (TPSA) is 61.5 Å². The maximum Gasteiger partial charge on any atom is 0.191 e. The van der Waals surface area contributed by atoms with Crippen LogP contribution in [0.5, 0.6) is 11.5 Å². The van der Waals surface area contributed by atoms with Crippen LogP contribution in [0.1, 0.15) is 11.4 Å². The number of aryl methyl sites for hydroxylation is 1. The summed E-state index contributed by atoms with van der Waals surface area (Å²) in [4.78, 5) is 9.37. The number of ether oxygens (including phenoxy) is 2. The maximum atomic E-state index is 5.42. The van der Waals surface area contributed by atoms with Crippen molar-refractivity contribution in [3.05, 3.63) is 52.3 Å². The van der Waals surface area contributed by atoms with E-state index in [-0.39, 0.29) is 0 Å².